The predicted molar refractivity (Wildman–Crippen MR) is 77.3 cm³/mol. The van der Waals surface area contributed by atoms with Gasteiger partial charge in [-0.3, -0.25) is 9.78 Å². The van der Waals surface area contributed by atoms with Crippen LogP contribution < -0.4 is 15.8 Å². The second kappa shape index (κ2) is 5.71. The Morgan fingerprint density at radius 2 is 2.16 bits per heavy atom. The topological polar surface area (TPSA) is 77.2 Å². The molecule has 1 amide bonds. The zero-order chi connectivity index (χ0) is 13.8. The highest BCUT2D eigenvalue weighted by atomic mass is 79.9. The van der Waals surface area contributed by atoms with E-state index in [0.717, 1.165) is 4.47 Å². The number of amides is 1. The molecular weight excluding hydrogens is 310 g/mol. The van der Waals surface area contributed by atoms with Crippen LogP contribution in [-0.2, 0) is 0 Å². The van der Waals surface area contributed by atoms with Crippen LogP contribution >= 0.6 is 15.9 Å². The van der Waals surface area contributed by atoms with Crippen LogP contribution in [0.1, 0.15) is 10.5 Å². The highest BCUT2D eigenvalue weighted by Crippen LogP contribution is 2.27. The third kappa shape index (κ3) is 3.23. The maximum Gasteiger partial charge on any atom is 0.274 e. The Morgan fingerprint density at radius 1 is 1.37 bits per heavy atom. The van der Waals surface area contributed by atoms with Crippen LogP contribution in [0, 0.1) is 0 Å². The Labute approximate surface area is 118 Å². The van der Waals surface area contributed by atoms with Gasteiger partial charge in [0.15, 0.2) is 0 Å². The van der Waals surface area contributed by atoms with E-state index >= 15 is 0 Å². The van der Waals surface area contributed by atoms with Crippen molar-refractivity contribution in [1.82, 2.24) is 4.98 Å². The minimum Gasteiger partial charge on any atom is -0.495 e. The summed E-state index contributed by atoms with van der Waals surface area (Å²) in [5.74, 6) is 0.315. The number of rotatable bonds is 3. The van der Waals surface area contributed by atoms with Gasteiger partial charge in [-0.25, -0.2) is 0 Å². The number of halogens is 1. The van der Waals surface area contributed by atoms with Crippen molar-refractivity contribution in [2.45, 2.75) is 0 Å². The first-order chi connectivity index (χ1) is 9.10. The molecule has 0 saturated carbocycles. The SMILES string of the molecule is COc1cc(NC(=O)c2cc(N)ccn2)ccc1Br. The van der Waals surface area contributed by atoms with Crippen molar-refractivity contribution in [3.63, 3.8) is 0 Å². The summed E-state index contributed by atoms with van der Waals surface area (Å²) in [7, 11) is 1.56. The molecule has 0 bridgehead atoms. The molecule has 0 atom stereocenters. The molecule has 1 aromatic heterocycles. The molecule has 0 spiro atoms. The van der Waals surface area contributed by atoms with Gasteiger partial charge < -0.3 is 15.8 Å². The quantitative estimate of drug-likeness (QED) is 0.911. The first kappa shape index (κ1) is 13.4. The van der Waals surface area contributed by atoms with Crippen molar-refractivity contribution in [3.05, 3.63) is 46.7 Å². The summed E-state index contributed by atoms with van der Waals surface area (Å²) in [5.41, 5.74) is 6.99. The molecule has 5 nitrogen and oxygen atoms in total. The second-order valence-corrected chi connectivity index (χ2v) is 4.63. The molecule has 1 heterocycles. The molecule has 0 radical (unpaired) electrons. The number of anilines is 2. The Hall–Kier alpha value is -2.08. The van der Waals surface area contributed by atoms with Gasteiger partial charge in [0.25, 0.3) is 5.91 Å². The fourth-order valence-corrected chi connectivity index (χ4v) is 1.91. The number of nitrogen functional groups attached to an aromatic ring is 1. The number of hydrogen-bond acceptors (Lipinski definition) is 4. The number of carbonyl (C=O) groups is 1. The van der Waals surface area contributed by atoms with E-state index in [1.54, 1.807) is 31.4 Å². The molecule has 0 saturated heterocycles. The van der Waals surface area contributed by atoms with Crippen LogP contribution in [0.15, 0.2) is 41.0 Å². The molecule has 2 rings (SSSR count). The zero-order valence-corrected chi connectivity index (χ0v) is 11.8. The monoisotopic (exact) mass is 321 g/mol. The average molecular weight is 322 g/mol. The normalized spacial score (nSPS) is 10.0. The first-order valence-electron chi connectivity index (χ1n) is 5.46. The van der Waals surface area contributed by atoms with E-state index in [-0.39, 0.29) is 11.6 Å². The summed E-state index contributed by atoms with van der Waals surface area (Å²) in [6.45, 7) is 0. The van der Waals surface area contributed by atoms with Crippen LogP contribution in [-0.4, -0.2) is 18.0 Å². The van der Waals surface area contributed by atoms with E-state index in [4.69, 9.17) is 10.5 Å². The van der Waals surface area contributed by atoms with E-state index in [1.165, 1.54) is 12.3 Å². The summed E-state index contributed by atoms with van der Waals surface area (Å²) in [6, 6.07) is 8.41. The van der Waals surface area contributed by atoms with Crippen molar-refractivity contribution >= 4 is 33.2 Å². The zero-order valence-electron chi connectivity index (χ0n) is 10.2. The highest BCUT2D eigenvalue weighted by Gasteiger charge is 2.09. The van der Waals surface area contributed by atoms with Crippen molar-refractivity contribution in [2.24, 2.45) is 0 Å². The van der Waals surface area contributed by atoms with Crippen molar-refractivity contribution in [3.8, 4) is 5.75 Å². The third-order valence-electron chi connectivity index (χ3n) is 2.43. The summed E-state index contributed by atoms with van der Waals surface area (Å²) in [6.07, 6.45) is 1.49. The second-order valence-electron chi connectivity index (χ2n) is 3.78. The number of carbonyl (C=O) groups excluding carboxylic acids is 1. The summed E-state index contributed by atoms with van der Waals surface area (Å²) >= 11 is 3.34. The van der Waals surface area contributed by atoms with Crippen LogP contribution in [0.25, 0.3) is 0 Å². The molecule has 0 unspecified atom stereocenters. The summed E-state index contributed by atoms with van der Waals surface area (Å²) < 4.78 is 5.97. The predicted octanol–water partition coefficient (Wildman–Crippen LogP) is 2.69. The van der Waals surface area contributed by atoms with E-state index in [9.17, 15) is 4.79 Å². The van der Waals surface area contributed by atoms with Gasteiger partial charge in [-0.2, -0.15) is 0 Å². The summed E-state index contributed by atoms with van der Waals surface area (Å²) in [4.78, 5) is 15.9. The Balaban J connectivity index is 2.19. The van der Waals surface area contributed by atoms with Gasteiger partial charge in [0.1, 0.15) is 11.4 Å². The lowest BCUT2D eigenvalue weighted by molar-refractivity contribution is 0.102. The molecular formula is C13H12BrN3O2. The lowest BCUT2D eigenvalue weighted by Gasteiger charge is -2.08. The van der Waals surface area contributed by atoms with Crippen molar-refractivity contribution < 1.29 is 9.53 Å². The largest absolute Gasteiger partial charge is 0.495 e. The average Bonchev–Trinajstić information content (AvgIpc) is 2.41. The minimum atomic E-state index is -0.323. The van der Waals surface area contributed by atoms with Gasteiger partial charge in [0, 0.05) is 23.6 Å². The number of methoxy groups -OCH3 is 1. The molecule has 1 aromatic carbocycles. The molecule has 0 aliphatic rings. The molecule has 6 heteroatoms. The lowest BCUT2D eigenvalue weighted by Crippen LogP contribution is -2.13. The van der Waals surface area contributed by atoms with Crippen LogP contribution in [0.2, 0.25) is 0 Å². The molecule has 2 aromatic rings. The van der Waals surface area contributed by atoms with Gasteiger partial charge in [0.05, 0.1) is 11.6 Å². The Morgan fingerprint density at radius 3 is 2.84 bits per heavy atom. The van der Waals surface area contributed by atoms with Crippen molar-refractivity contribution in [1.29, 1.82) is 0 Å². The number of pyridine rings is 1. The number of ether oxygens (including phenoxy) is 1. The number of nitrogens with two attached hydrogens (primary N) is 1. The van der Waals surface area contributed by atoms with E-state index < -0.39 is 0 Å². The molecule has 98 valence electrons. The smallest absolute Gasteiger partial charge is 0.274 e. The molecule has 19 heavy (non-hydrogen) atoms. The van der Waals surface area contributed by atoms with E-state index in [2.05, 4.69) is 26.2 Å². The van der Waals surface area contributed by atoms with E-state index in [0.29, 0.717) is 17.1 Å². The number of nitrogens with one attached hydrogen (secondary N) is 1. The number of benzene rings is 1. The molecule has 3 N–H and O–H groups in total. The fraction of sp³-hybridized carbons (Fsp3) is 0.0769. The maximum atomic E-state index is 12.0. The Bertz CT molecular complexity index is 617. The standard InChI is InChI=1S/C13H12BrN3O2/c1-19-12-7-9(2-3-10(12)14)17-13(18)11-6-8(15)4-5-16-11/h2-7H,1H3,(H2,15,16)(H,17,18). The number of aromatic nitrogens is 1. The minimum absolute atomic E-state index is 0.266. The third-order valence-corrected chi connectivity index (χ3v) is 3.08. The fourth-order valence-electron chi connectivity index (χ4n) is 1.50. The van der Waals surface area contributed by atoms with Crippen LogP contribution in [0.5, 0.6) is 5.75 Å². The van der Waals surface area contributed by atoms with E-state index in [1.807, 2.05) is 0 Å². The van der Waals surface area contributed by atoms with Crippen molar-refractivity contribution in [2.75, 3.05) is 18.2 Å². The van der Waals surface area contributed by atoms with Gasteiger partial charge in [-0.15, -0.1) is 0 Å². The van der Waals surface area contributed by atoms with Gasteiger partial charge in [0.2, 0.25) is 0 Å². The number of hydrogen-bond donors (Lipinski definition) is 2. The summed E-state index contributed by atoms with van der Waals surface area (Å²) in [5, 5.41) is 2.73. The molecule has 0 fully saturated rings. The molecule has 0 aliphatic carbocycles. The van der Waals surface area contributed by atoms with Gasteiger partial charge in [-0.05, 0) is 40.2 Å². The van der Waals surface area contributed by atoms with Crippen LogP contribution in [0.4, 0.5) is 11.4 Å². The Kier molecular flexibility index (Phi) is 4.01. The lowest BCUT2D eigenvalue weighted by atomic mass is 10.2. The van der Waals surface area contributed by atoms with Gasteiger partial charge in [-0.1, -0.05) is 0 Å². The highest BCUT2D eigenvalue weighted by molar-refractivity contribution is 9.10. The maximum absolute atomic E-state index is 12.0. The van der Waals surface area contributed by atoms with Gasteiger partial charge >= 0.3 is 0 Å². The van der Waals surface area contributed by atoms with Crippen LogP contribution in [0.3, 0.4) is 0 Å². The number of nitrogens with zero attached hydrogens (tertiary/aromatic N) is 1. The molecule has 0 aliphatic heterocycles. The first-order valence-corrected chi connectivity index (χ1v) is 6.26.